The molecule has 1 aromatic heterocycles. The SMILES string of the molecule is C=C(C)Cn1c(C)c(C)c2cc(CNCC)ccc21. The summed E-state index contributed by atoms with van der Waals surface area (Å²) in [4.78, 5) is 0. The lowest BCUT2D eigenvalue weighted by molar-refractivity contribution is 0.727. The number of hydrogen-bond donors (Lipinski definition) is 1. The Morgan fingerprint density at radius 1 is 1.32 bits per heavy atom. The number of nitrogens with one attached hydrogen (secondary N) is 1. The number of aryl methyl sites for hydroxylation is 1. The van der Waals surface area contributed by atoms with Crippen LogP contribution in [-0.2, 0) is 13.1 Å². The molecule has 0 amide bonds. The van der Waals surface area contributed by atoms with Crippen molar-refractivity contribution in [1.29, 1.82) is 0 Å². The first-order valence-corrected chi connectivity index (χ1v) is 6.98. The van der Waals surface area contributed by atoms with Crippen LogP contribution in [0.3, 0.4) is 0 Å². The van der Waals surface area contributed by atoms with Crippen molar-refractivity contribution in [1.82, 2.24) is 9.88 Å². The van der Waals surface area contributed by atoms with Crippen molar-refractivity contribution >= 4 is 10.9 Å². The maximum absolute atomic E-state index is 4.03. The van der Waals surface area contributed by atoms with Crippen molar-refractivity contribution in [3.63, 3.8) is 0 Å². The van der Waals surface area contributed by atoms with Crippen LogP contribution >= 0.6 is 0 Å². The highest BCUT2D eigenvalue weighted by molar-refractivity contribution is 5.86. The summed E-state index contributed by atoms with van der Waals surface area (Å²) in [5.41, 5.74) is 6.59. The molecule has 1 aromatic carbocycles. The summed E-state index contributed by atoms with van der Waals surface area (Å²) < 4.78 is 2.37. The fraction of sp³-hybridized carbons (Fsp3) is 0.412. The molecule has 0 spiro atoms. The van der Waals surface area contributed by atoms with Gasteiger partial charge in [-0.25, -0.2) is 0 Å². The maximum atomic E-state index is 4.03. The quantitative estimate of drug-likeness (QED) is 0.802. The van der Waals surface area contributed by atoms with E-state index in [1.807, 2.05) is 0 Å². The van der Waals surface area contributed by atoms with Gasteiger partial charge in [0.15, 0.2) is 0 Å². The van der Waals surface area contributed by atoms with Crippen LogP contribution < -0.4 is 5.32 Å². The van der Waals surface area contributed by atoms with Gasteiger partial charge in [0.1, 0.15) is 0 Å². The lowest BCUT2D eigenvalue weighted by Crippen LogP contribution is -2.11. The van der Waals surface area contributed by atoms with Gasteiger partial charge in [0.25, 0.3) is 0 Å². The Labute approximate surface area is 116 Å². The minimum absolute atomic E-state index is 0.905. The molecule has 102 valence electrons. The number of rotatable bonds is 5. The smallest absolute Gasteiger partial charge is 0.0488 e. The first-order chi connectivity index (χ1) is 9.04. The molecule has 0 bridgehead atoms. The summed E-state index contributed by atoms with van der Waals surface area (Å²) in [6.45, 7) is 15.5. The van der Waals surface area contributed by atoms with Crippen LogP contribution in [0.4, 0.5) is 0 Å². The molecule has 2 nitrogen and oxygen atoms in total. The molecule has 0 radical (unpaired) electrons. The zero-order valence-electron chi connectivity index (χ0n) is 12.5. The molecule has 0 unspecified atom stereocenters. The standard InChI is InChI=1S/C17H24N2/c1-6-18-10-15-7-8-17-16(9-15)13(4)14(5)19(17)11-12(2)3/h7-9,18H,2,6,10-11H2,1,3-5H3. The summed E-state index contributed by atoms with van der Waals surface area (Å²) in [5.74, 6) is 0. The molecule has 0 aliphatic carbocycles. The lowest BCUT2D eigenvalue weighted by Gasteiger charge is -2.08. The molecule has 1 heterocycles. The normalized spacial score (nSPS) is 11.2. The molecule has 0 aliphatic heterocycles. The minimum atomic E-state index is 0.905. The van der Waals surface area contributed by atoms with Crippen LogP contribution in [0.15, 0.2) is 30.4 Å². The Kier molecular flexibility index (Phi) is 4.11. The molecule has 0 saturated heterocycles. The first kappa shape index (κ1) is 13.9. The van der Waals surface area contributed by atoms with Crippen molar-refractivity contribution in [3.8, 4) is 0 Å². The number of aromatic nitrogens is 1. The van der Waals surface area contributed by atoms with E-state index in [1.54, 1.807) is 0 Å². The van der Waals surface area contributed by atoms with E-state index >= 15 is 0 Å². The van der Waals surface area contributed by atoms with E-state index in [1.165, 1.54) is 33.3 Å². The predicted octanol–water partition coefficient (Wildman–Crippen LogP) is 3.94. The number of benzene rings is 1. The van der Waals surface area contributed by atoms with Gasteiger partial charge in [0, 0.05) is 29.7 Å². The second-order valence-electron chi connectivity index (χ2n) is 5.39. The van der Waals surface area contributed by atoms with Gasteiger partial charge in [-0.05, 0) is 50.6 Å². The second kappa shape index (κ2) is 5.62. The first-order valence-electron chi connectivity index (χ1n) is 6.98. The van der Waals surface area contributed by atoms with Gasteiger partial charge < -0.3 is 9.88 Å². The largest absolute Gasteiger partial charge is 0.341 e. The van der Waals surface area contributed by atoms with Gasteiger partial charge in [-0.3, -0.25) is 0 Å². The number of nitrogens with zero attached hydrogens (tertiary/aromatic N) is 1. The summed E-state index contributed by atoms with van der Waals surface area (Å²) in [5, 5.41) is 4.75. The van der Waals surface area contributed by atoms with Crippen molar-refractivity contribution in [2.45, 2.75) is 40.8 Å². The van der Waals surface area contributed by atoms with E-state index in [0.29, 0.717) is 0 Å². The van der Waals surface area contributed by atoms with Gasteiger partial charge in [-0.2, -0.15) is 0 Å². The van der Waals surface area contributed by atoms with Crippen LogP contribution in [0, 0.1) is 13.8 Å². The van der Waals surface area contributed by atoms with Crippen molar-refractivity contribution in [2.75, 3.05) is 6.54 Å². The van der Waals surface area contributed by atoms with Gasteiger partial charge in [-0.1, -0.05) is 25.1 Å². The number of hydrogen-bond acceptors (Lipinski definition) is 1. The summed E-state index contributed by atoms with van der Waals surface area (Å²) in [6.07, 6.45) is 0. The van der Waals surface area contributed by atoms with E-state index in [4.69, 9.17) is 0 Å². The number of fused-ring (bicyclic) bond motifs is 1. The van der Waals surface area contributed by atoms with Crippen molar-refractivity contribution in [3.05, 3.63) is 47.2 Å². The molecule has 0 fully saturated rings. The molecular weight excluding hydrogens is 232 g/mol. The molecule has 0 atom stereocenters. The Hall–Kier alpha value is -1.54. The van der Waals surface area contributed by atoms with Crippen LogP contribution in [0.1, 0.15) is 30.7 Å². The fourth-order valence-corrected chi connectivity index (χ4v) is 2.55. The maximum Gasteiger partial charge on any atom is 0.0488 e. The average molecular weight is 256 g/mol. The van der Waals surface area contributed by atoms with Gasteiger partial charge in [0.2, 0.25) is 0 Å². The van der Waals surface area contributed by atoms with E-state index in [9.17, 15) is 0 Å². The number of allylic oxidation sites excluding steroid dienone is 1. The third kappa shape index (κ3) is 2.74. The van der Waals surface area contributed by atoms with Gasteiger partial charge in [0.05, 0.1) is 0 Å². The second-order valence-corrected chi connectivity index (χ2v) is 5.39. The summed E-state index contributed by atoms with van der Waals surface area (Å²) in [7, 11) is 0. The van der Waals surface area contributed by atoms with Crippen LogP contribution in [0.5, 0.6) is 0 Å². The predicted molar refractivity (Wildman–Crippen MR) is 83.6 cm³/mol. The van der Waals surface area contributed by atoms with E-state index < -0.39 is 0 Å². The van der Waals surface area contributed by atoms with E-state index in [2.05, 4.69) is 62.4 Å². The average Bonchev–Trinajstić information content (AvgIpc) is 2.61. The van der Waals surface area contributed by atoms with Crippen LogP contribution in [0.2, 0.25) is 0 Å². The molecular formula is C17H24N2. The Bertz CT molecular complexity index is 605. The topological polar surface area (TPSA) is 17.0 Å². The lowest BCUT2D eigenvalue weighted by atomic mass is 10.1. The van der Waals surface area contributed by atoms with Crippen LogP contribution in [-0.4, -0.2) is 11.1 Å². The van der Waals surface area contributed by atoms with Crippen molar-refractivity contribution in [2.24, 2.45) is 0 Å². The van der Waals surface area contributed by atoms with Gasteiger partial charge in [-0.15, -0.1) is 0 Å². The fourth-order valence-electron chi connectivity index (χ4n) is 2.55. The van der Waals surface area contributed by atoms with Gasteiger partial charge >= 0.3 is 0 Å². The van der Waals surface area contributed by atoms with E-state index in [0.717, 1.165) is 19.6 Å². The molecule has 19 heavy (non-hydrogen) atoms. The molecule has 2 aromatic rings. The summed E-state index contributed by atoms with van der Waals surface area (Å²) in [6, 6.07) is 6.78. The zero-order chi connectivity index (χ0) is 14.0. The molecule has 2 heteroatoms. The Balaban J connectivity index is 2.49. The highest BCUT2D eigenvalue weighted by Crippen LogP contribution is 2.27. The van der Waals surface area contributed by atoms with Crippen LogP contribution in [0.25, 0.3) is 10.9 Å². The summed E-state index contributed by atoms with van der Waals surface area (Å²) >= 11 is 0. The zero-order valence-corrected chi connectivity index (χ0v) is 12.5. The third-order valence-corrected chi connectivity index (χ3v) is 3.71. The molecule has 2 rings (SSSR count). The highest BCUT2D eigenvalue weighted by atomic mass is 15.0. The third-order valence-electron chi connectivity index (χ3n) is 3.71. The minimum Gasteiger partial charge on any atom is -0.341 e. The highest BCUT2D eigenvalue weighted by Gasteiger charge is 2.11. The van der Waals surface area contributed by atoms with E-state index in [-0.39, 0.29) is 0 Å². The Morgan fingerprint density at radius 2 is 2.05 bits per heavy atom. The van der Waals surface area contributed by atoms with Crippen molar-refractivity contribution < 1.29 is 0 Å². The molecule has 0 saturated carbocycles. The Morgan fingerprint density at radius 3 is 2.68 bits per heavy atom. The monoisotopic (exact) mass is 256 g/mol. The molecule has 0 aliphatic rings. The molecule has 1 N–H and O–H groups in total.